The van der Waals surface area contributed by atoms with Crippen molar-refractivity contribution < 1.29 is 37.3 Å². The number of rotatable bonds is 62. The van der Waals surface area contributed by atoms with E-state index in [9.17, 15) is 19.0 Å². The molecule has 3 unspecified atom stereocenters. The number of hydrogen-bond donors (Lipinski definition) is 1. The normalized spacial score (nSPS) is 13.8. The molecule has 0 rings (SSSR count). The molecule has 3 atom stereocenters. The number of amides is 1. The van der Waals surface area contributed by atoms with E-state index in [2.05, 4.69) is 50.4 Å². The molecule has 0 aliphatic rings. The van der Waals surface area contributed by atoms with Crippen LogP contribution in [0.5, 0.6) is 0 Å². The lowest BCUT2D eigenvalue weighted by atomic mass is 10.0. The Bertz CT molecular complexity index is 1430. The van der Waals surface area contributed by atoms with Crippen LogP contribution in [-0.2, 0) is 27.9 Å². The second kappa shape index (κ2) is 58.4. The van der Waals surface area contributed by atoms with Gasteiger partial charge in [0.1, 0.15) is 19.3 Å². The van der Waals surface area contributed by atoms with E-state index in [4.69, 9.17) is 13.8 Å². The number of esters is 1. The van der Waals surface area contributed by atoms with Crippen LogP contribution in [0.1, 0.15) is 335 Å². The highest BCUT2D eigenvalue weighted by Crippen LogP contribution is 2.38. The van der Waals surface area contributed by atoms with Crippen molar-refractivity contribution in [3.8, 4) is 0 Å². The van der Waals surface area contributed by atoms with Gasteiger partial charge in [0.25, 0.3) is 7.82 Å². The number of likely N-dealkylation sites (N-methyl/N-ethyl adjacent to an activating group) is 1. The smallest absolute Gasteiger partial charge is 0.306 e. The molecule has 460 valence electrons. The first-order valence-electron chi connectivity index (χ1n) is 33.8. The van der Waals surface area contributed by atoms with Gasteiger partial charge in [-0.25, -0.2) is 0 Å². The van der Waals surface area contributed by atoms with E-state index in [0.29, 0.717) is 17.4 Å². The number of ether oxygens (including phenoxy) is 1. The predicted molar refractivity (Wildman–Crippen MR) is 335 cm³/mol. The summed E-state index contributed by atoms with van der Waals surface area (Å²) in [5.74, 6) is -0.544. The maximum atomic E-state index is 13.5. The molecule has 0 heterocycles. The second-order valence-corrected chi connectivity index (χ2v) is 25.7. The second-order valence-electron chi connectivity index (χ2n) is 24.3. The van der Waals surface area contributed by atoms with Gasteiger partial charge in [0.05, 0.1) is 33.8 Å². The maximum absolute atomic E-state index is 13.5. The molecule has 78 heavy (non-hydrogen) atoms. The van der Waals surface area contributed by atoms with E-state index in [-0.39, 0.29) is 24.9 Å². The highest BCUT2D eigenvalue weighted by atomic mass is 31.2. The van der Waals surface area contributed by atoms with Crippen molar-refractivity contribution in [1.29, 1.82) is 0 Å². The first-order chi connectivity index (χ1) is 37.9. The van der Waals surface area contributed by atoms with Gasteiger partial charge in [-0.3, -0.25) is 14.2 Å². The molecule has 0 aliphatic carbocycles. The zero-order chi connectivity index (χ0) is 57.2. The molecule has 0 aromatic heterocycles. The number of nitrogens with one attached hydrogen (secondary N) is 1. The molecule has 0 saturated heterocycles. The summed E-state index contributed by atoms with van der Waals surface area (Å²) < 4.78 is 30.4. The van der Waals surface area contributed by atoms with Gasteiger partial charge in [-0.05, 0) is 83.1 Å². The molecule has 0 radical (unpaired) electrons. The lowest BCUT2D eigenvalue weighted by Crippen LogP contribution is -2.47. The average Bonchev–Trinajstić information content (AvgIpc) is 3.40. The Hall–Kier alpha value is -1.77. The van der Waals surface area contributed by atoms with E-state index in [1.807, 2.05) is 33.3 Å². The summed E-state index contributed by atoms with van der Waals surface area (Å²) in [4.78, 5) is 40.0. The largest absolute Gasteiger partial charge is 0.756 e. The Labute approximate surface area is 485 Å². The summed E-state index contributed by atoms with van der Waals surface area (Å²) >= 11 is 0. The number of allylic oxidation sites excluding steroid dienone is 5. The van der Waals surface area contributed by atoms with Crippen molar-refractivity contribution in [3.05, 3.63) is 36.5 Å². The Balaban J connectivity index is 5.08. The zero-order valence-corrected chi connectivity index (χ0v) is 53.5. The van der Waals surface area contributed by atoms with Crippen LogP contribution in [0.2, 0.25) is 0 Å². The quantitative estimate of drug-likeness (QED) is 0.0212. The van der Waals surface area contributed by atoms with Crippen LogP contribution in [0.3, 0.4) is 0 Å². The van der Waals surface area contributed by atoms with Crippen LogP contribution in [-0.4, -0.2) is 69.4 Å². The number of unbranched alkanes of at least 4 members (excludes halogenated alkanes) is 42. The third-order valence-corrected chi connectivity index (χ3v) is 16.3. The van der Waals surface area contributed by atoms with E-state index in [0.717, 1.165) is 70.6 Å². The van der Waals surface area contributed by atoms with Crippen molar-refractivity contribution in [1.82, 2.24) is 5.32 Å². The highest BCUT2D eigenvalue weighted by Gasteiger charge is 2.27. The van der Waals surface area contributed by atoms with E-state index < -0.39 is 26.6 Å². The van der Waals surface area contributed by atoms with Gasteiger partial charge < -0.3 is 28.5 Å². The van der Waals surface area contributed by atoms with E-state index in [1.54, 1.807) is 0 Å². The third kappa shape index (κ3) is 58.9. The van der Waals surface area contributed by atoms with Gasteiger partial charge in [0, 0.05) is 12.8 Å². The molecular weight excluding hydrogens is 988 g/mol. The minimum Gasteiger partial charge on any atom is -0.756 e. The molecule has 1 amide bonds. The van der Waals surface area contributed by atoms with Gasteiger partial charge in [0.2, 0.25) is 5.91 Å². The number of quaternary nitrogens is 1. The summed E-state index contributed by atoms with van der Waals surface area (Å²) in [6, 6.07) is -0.893. The number of carbonyl (C=O) groups excluding carboxylic acids is 2. The number of hydrogen-bond acceptors (Lipinski definition) is 7. The number of phosphoric acid groups is 1. The minimum absolute atomic E-state index is 0.0226. The van der Waals surface area contributed by atoms with Crippen LogP contribution < -0.4 is 10.2 Å². The fourth-order valence-corrected chi connectivity index (χ4v) is 10.8. The SMILES string of the molecule is CCCCCCCC/C=C/CCCCCCCCCCCCCCCCCC(=O)OC(/C=C\CCCCCCCCCCCCC)C(COP(=O)([O-])OCC[N+](C)(C)C)NC(=O)CCCCC/C=C\CCCCCCCCC. The lowest BCUT2D eigenvalue weighted by molar-refractivity contribution is -0.870. The number of carbonyl (C=O) groups is 2. The molecule has 0 aromatic carbocycles. The predicted octanol–water partition coefficient (Wildman–Crippen LogP) is 20.4. The number of phosphoric ester groups is 1. The molecule has 0 aromatic rings. The third-order valence-electron chi connectivity index (χ3n) is 15.3. The first kappa shape index (κ1) is 76.2. The summed E-state index contributed by atoms with van der Waals surface area (Å²) in [6.45, 7) is 6.87. The summed E-state index contributed by atoms with van der Waals surface area (Å²) in [5, 5.41) is 3.03. The first-order valence-corrected chi connectivity index (χ1v) is 35.3. The van der Waals surface area contributed by atoms with Gasteiger partial charge in [0.15, 0.2) is 0 Å². The van der Waals surface area contributed by atoms with Crippen LogP contribution in [0.4, 0.5) is 0 Å². The van der Waals surface area contributed by atoms with E-state index in [1.165, 1.54) is 231 Å². The van der Waals surface area contributed by atoms with Gasteiger partial charge in [-0.1, -0.05) is 276 Å². The molecule has 9 nitrogen and oxygen atoms in total. The Morgan fingerprint density at radius 1 is 0.436 bits per heavy atom. The van der Waals surface area contributed by atoms with Crippen molar-refractivity contribution in [2.24, 2.45) is 0 Å². The average molecular weight is 1120 g/mol. The molecule has 0 fully saturated rings. The molecule has 1 N–H and O–H groups in total. The topological polar surface area (TPSA) is 114 Å². The number of nitrogens with zero attached hydrogens (tertiary/aromatic N) is 1. The van der Waals surface area contributed by atoms with E-state index >= 15 is 0 Å². The molecule has 0 saturated carbocycles. The summed E-state index contributed by atoms with van der Waals surface area (Å²) in [6.07, 6.45) is 71.2. The summed E-state index contributed by atoms with van der Waals surface area (Å²) in [7, 11) is 1.19. The lowest BCUT2D eigenvalue weighted by Gasteiger charge is -2.30. The maximum Gasteiger partial charge on any atom is 0.306 e. The molecule has 10 heteroatoms. The minimum atomic E-state index is -4.70. The summed E-state index contributed by atoms with van der Waals surface area (Å²) in [5.41, 5.74) is 0. The van der Waals surface area contributed by atoms with Gasteiger partial charge in [-0.2, -0.15) is 0 Å². The van der Waals surface area contributed by atoms with Crippen molar-refractivity contribution in [3.63, 3.8) is 0 Å². The van der Waals surface area contributed by atoms with Gasteiger partial charge in [-0.15, -0.1) is 0 Å². The van der Waals surface area contributed by atoms with Crippen LogP contribution in [0.25, 0.3) is 0 Å². The Morgan fingerprint density at radius 2 is 0.744 bits per heavy atom. The highest BCUT2D eigenvalue weighted by molar-refractivity contribution is 7.45. The molecule has 0 bridgehead atoms. The monoisotopic (exact) mass is 1120 g/mol. The van der Waals surface area contributed by atoms with Crippen LogP contribution in [0.15, 0.2) is 36.5 Å². The molecule has 0 aliphatic heterocycles. The standard InChI is InChI=1S/C68H131N2O7P/c1-7-10-13-16-19-22-25-28-30-31-32-33-34-35-36-37-38-39-40-43-46-49-52-55-58-61-68(72)77-66(59-56-53-50-47-44-41-27-24-21-18-15-12-9-3)65(64-76-78(73,74)75-63-62-70(4,5)6)69-67(71)60-57-54-51-48-45-42-29-26-23-20-17-14-11-8-2/h28,30,42,45,56,59,65-66H,7-27,29,31-41,43-44,46-55,57-58,60-64H2,1-6H3,(H-,69,71,73,74)/b30-28+,45-42-,59-56-. The fraction of sp³-hybridized carbons (Fsp3) is 0.882. The van der Waals surface area contributed by atoms with Gasteiger partial charge >= 0.3 is 5.97 Å². The molecule has 0 spiro atoms. The fourth-order valence-electron chi connectivity index (χ4n) is 10.0. The van der Waals surface area contributed by atoms with Crippen molar-refractivity contribution in [2.45, 2.75) is 348 Å². The Morgan fingerprint density at radius 3 is 1.10 bits per heavy atom. The van der Waals surface area contributed by atoms with Crippen molar-refractivity contribution >= 4 is 19.7 Å². The van der Waals surface area contributed by atoms with Crippen LogP contribution >= 0.6 is 7.82 Å². The van der Waals surface area contributed by atoms with Crippen molar-refractivity contribution in [2.75, 3.05) is 40.9 Å². The molecular formula is C68H131N2O7P. The Kier molecular flexibility index (Phi) is 57.1. The van der Waals surface area contributed by atoms with Crippen LogP contribution in [0, 0.1) is 0 Å². The zero-order valence-electron chi connectivity index (χ0n) is 52.6.